The van der Waals surface area contributed by atoms with Gasteiger partial charge in [-0.05, 0) is 25.1 Å². The van der Waals surface area contributed by atoms with Crippen molar-refractivity contribution in [3.05, 3.63) is 60.7 Å². The summed E-state index contributed by atoms with van der Waals surface area (Å²) in [5, 5.41) is 0. The number of rotatable bonds is 3. The van der Waals surface area contributed by atoms with E-state index in [9.17, 15) is 9.59 Å². The van der Waals surface area contributed by atoms with Crippen LogP contribution in [0.5, 0.6) is 0 Å². The van der Waals surface area contributed by atoms with E-state index in [1.165, 1.54) is 9.80 Å². The number of imide groups is 1. The van der Waals surface area contributed by atoms with Crippen molar-refractivity contribution in [1.29, 1.82) is 0 Å². The van der Waals surface area contributed by atoms with E-state index in [1.807, 2.05) is 36.5 Å². The summed E-state index contributed by atoms with van der Waals surface area (Å²) >= 11 is 0. The number of benzene rings is 1. The molecule has 7 nitrogen and oxygen atoms in total. The number of imidazole rings is 1. The number of carbonyl (C=O) groups is 2. The second-order valence-electron chi connectivity index (χ2n) is 5.65. The Kier molecular flexibility index (Phi) is 3.26. The first-order valence-corrected chi connectivity index (χ1v) is 7.63. The third kappa shape index (κ3) is 2.21. The number of anilines is 1. The number of carbonyl (C=O) groups excluding carboxylic acids is 2. The lowest BCUT2D eigenvalue weighted by molar-refractivity contribution is -0.127. The summed E-state index contributed by atoms with van der Waals surface area (Å²) in [5.74, 6) is 0.313. The molecule has 1 saturated heterocycles. The second-order valence-corrected chi connectivity index (χ2v) is 5.65. The van der Waals surface area contributed by atoms with Crippen LogP contribution in [-0.4, -0.2) is 37.2 Å². The molecule has 24 heavy (non-hydrogen) atoms. The molecule has 4 rings (SSSR count). The van der Waals surface area contributed by atoms with Crippen LogP contribution in [0.2, 0.25) is 0 Å². The lowest BCUT2D eigenvalue weighted by Gasteiger charge is -2.19. The molecule has 2 aromatic heterocycles. The van der Waals surface area contributed by atoms with E-state index >= 15 is 0 Å². The molecule has 3 heterocycles. The number of fused-ring (bicyclic) bond motifs is 1. The van der Waals surface area contributed by atoms with Crippen LogP contribution in [0, 0.1) is 0 Å². The molecule has 0 unspecified atom stereocenters. The number of hydrogen-bond donors (Lipinski definition) is 0. The Morgan fingerprint density at radius 1 is 1.12 bits per heavy atom. The maximum atomic E-state index is 12.7. The van der Waals surface area contributed by atoms with Crippen molar-refractivity contribution in [2.45, 2.75) is 19.5 Å². The zero-order chi connectivity index (χ0) is 16.7. The van der Waals surface area contributed by atoms with Crippen molar-refractivity contribution >= 4 is 23.4 Å². The van der Waals surface area contributed by atoms with Gasteiger partial charge in [0.1, 0.15) is 6.04 Å². The molecular formula is C17H15N5O2. The molecule has 1 fully saturated rings. The second kappa shape index (κ2) is 5.45. The standard InChI is InChI=1S/C17H15N5O2/c1-12-15(23)21(17(24)22(12)14-6-3-2-4-7-14)11-13-10-20-9-5-8-18-16(20)19-13/h2-10,12H,11H2,1H3/t12-/m1/s1. The van der Waals surface area contributed by atoms with Crippen LogP contribution < -0.4 is 4.90 Å². The van der Waals surface area contributed by atoms with Crippen LogP contribution in [0.3, 0.4) is 0 Å². The molecule has 0 spiro atoms. The number of urea groups is 1. The highest BCUT2D eigenvalue weighted by Gasteiger charge is 2.43. The maximum Gasteiger partial charge on any atom is 0.332 e. The zero-order valence-corrected chi connectivity index (χ0v) is 13.0. The molecule has 0 N–H and O–H groups in total. The monoisotopic (exact) mass is 321 g/mol. The van der Waals surface area contributed by atoms with Gasteiger partial charge < -0.3 is 0 Å². The number of nitrogens with zero attached hydrogens (tertiary/aromatic N) is 5. The van der Waals surface area contributed by atoms with Crippen LogP contribution in [0.4, 0.5) is 10.5 Å². The highest BCUT2D eigenvalue weighted by Crippen LogP contribution is 2.26. The Morgan fingerprint density at radius 3 is 2.67 bits per heavy atom. The van der Waals surface area contributed by atoms with Crippen molar-refractivity contribution in [2.75, 3.05) is 4.90 Å². The van der Waals surface area contributed by atoms with Gasteiger partial charge in [-0.2, -0.15) is 0 Å². The molecular weight excluding hydrogens is 306 g/mol. The lowest BCUT2D eigenvalue weighted by Crippen LogP contribution is -2.33. The van der Waals surface area contributed by atoms with Crippen LogP contribution in [0.1, 0.15) is 12.6 Å². The lowest BCUT2D eigenvalue weighted by atomic mass is 10.2. The Balaban J connectivity index is 1.63. The Morgan fingerprint density at radius 2 is 1.92 bits per heavy atom. The normalized spacial score (nSPS) is 18.0. The smallest absolute Gasteiger partial charge is 0.291 e. The fourth-order valence-corrected chi connectivity index (χ4v) is 2.91. The van der Waals surface area contributed by atoms with Crippen molar-refractivity contribution in [1.82, 2.24) is 19.3 Å². The summed E-state index contributed by atoms with van der Waals surface area (Å²) in [4.78, 5) is 36.5. The fourth-order valence-electron chi connectivity index (χ4n) is 2.91. The average molecular weight is 321 g/mol. The number of para-hydroxylation sites is 1. The molecule has 1 aliphatic heterocycles. The fraction of sp³-hybridized carbons (Fsp3) is 0.176. The van der Waals surface area contributed by atoms with E-state index in [1.54, 1.807) is 29.8 Å². The first-order chi connectivity index (χ1) is 11.6. The van der Waals surface area contributed by atoms with Gasteiger partial charge in [-0.25, -0.2) is 14.8 Å². The average Bonchev–Trinajstić information content (AvgIpc) is 3.10. The molecule has 120 valence electrons. The van der Waals surface area contributed by atoms with Crippen molar-refractivity contribution in [2.24, 2.45) is 0 Å². The largest absolute Gasteiger partial charge is 0.332 e. The van der Waals surface area contributed by atoms with Gasteiger partial charge in [0, 0.05) is 24.3 Å². The summed E-state index contributed by atoms with van der Waals surface area (Å²) in [6, 6.07) is 10.1. The molecule has 1 aromatic carbocycles. The van der Waals surface area contributed by atoms with E-state index in [0.29, 0.717) is 17.2 Å². The van der Waals surface area contributed by atoms with Gasteiger partial charge in [-0.3, -0.25) is 19.0 Å². The summed E-state index contributed by atoms with van der Waals surface area (Å²) in [5.41, 5.74) is 1.33. The van der Waals surface area contributed by atoms with E-state index in [-0.39, 0.29) is 18.5 Å². The van der Waals surface area contributed by atoms with Gasteiger partial charge in [0.05, 0.1) is 12.2 Å². The van der Waals surface area contributed by atoms with E-state index < -0.39 is 6.04 Å². The summed E-state index contributed by atoms with van der Waals surface area (Å²) in [6.45, 7) is 1.87. The quantitative estimate of drug-likeness (QED) is 0.693. The van der Waals surface area contributed by atoms with Crippen LogP contribution >= 0.6 is 0 Å². The summed E-state index contributed by atoms with van der Waals surface area (Å²) in [7, 11) is 0. The first-order valence-electron chi connectivity index (χ1n) is 7.63. The highest BCUT2D eigenvalue weighted by atomic mass is 16.2. The number of amides is 3. The van der Waals surface area contributed by atoms with Crippen LogP contribution in [0.25, 0.3) is 5.78 Å². The van der Waals surface area contributed by atoms with Crippen LogP contribution in [0.15, 0.2) is 55.0 Å². The minimum absolute atomic E-state index is 0.134. The van der Waals surface area contributed by atoms with E-state index in [2.05, 4.69) is 9.97 Å². The third-order valence-corrected chi connectivity index (χ3v) is 4.09. The summed E-state index contributed by atoms with van der Waals surface area (Å²) < 4.78 is 1.76. The molecule has 0 radical (unpaired) electrons. The molecule has 1 atom stereocenters. The van der Waals surface area contributed by atoms with Crippen LogP contribution in [-0.2, 0) is 11.3 Å². The van der Waals surface area contributed by atoms with Crippen molar-refractivity contribution in [3.8, 4) is 0 Å². The Bertz CT molecular complexity index is 888. The molecule has 7 heteroatoms. The molecule has 3 aromatic rings. The van der Waals surface area contributed by atoms with Gasteiger partial charge in [-0.1, -0.05) is 18.2 Å². The SMILES string of the molecule is C[C@@H]1C(=O)N(Cc2cn3cccnc3n2)C(=O)N1c1ccccc1. The molecule has 0 saturated carbocycles. The zero-order valence-electron chi connectivity index (χ0n) is 13.0. The third-order valence-electron chi connectivity index (χ3n) is 4.09. The van der Waals surface area contributed by atoms with Gasteiger partial charge in [0.2, 0.25) is 5.78 Å². The van der Waals surface area contributed by atoms with Gasteiger partial charge in [0.15, 0.2) is 0 Å². The molecule has 0 aliphatic carbocycles. The molecule has 0 bridgehead atoms. The van der Waals surface area contributed by atoms with Gasteiger partial charge >= 0.3 is 6.03 Å². The topological polar surface area (TPSA) is 70.8 Å². The van der Waals surface area contributed by atoms with Gasteiger partial charge in [-0.15, -0.1) is 0 Å². The predicted molar refractivity (Wildman–Crippen MR) is 87.3 cm³/mol. The first kappa shape index (κ1) is 14.4. The minimum atomic E-state index is -0.532. The number of hydrogen-bond acceptors (Lipinski definition) is 4. The van der Waals surface area contributed by atoms with Gasteiger partial charge in [0.25, 0.3) is 5.91 Å². The van der Waals surface area contributed by atoms with E-state index in [4.69, 9.17) is 0 Å². The molecule has 3 amide bonds. The Hall–Kier alpha value is -3.22. The van der Waals surface area contributed by atoms with E-state index in [0.717, 1.165) is 0 Å². The van der Waals surface area contributed by atoms with Crippen molar-refractivity contribution < 1.29 is 9.59 Å². The minimum Gasteiger partial charge on any atom is -0.291 e. The highest BCUT2D eigenvalue weighted by molar-refractivity contribution is 6.13. The van der Waals surface area contributed by atoms with Crippen molar-refractivity contribution in [3.63, 3.8) is 0 Å². The molecule has 1 aliphatic rings. The number of aromatic nitrogens is 3. The Labute approximate surface area is 138 Å². The maximum absolute atomic E-state index is 12.7. The summed E-state index contributed by atoms with van der Waals surface area (Å²) in [6.07, 6.45) is 5.25. The predicted octanol–water partition coefficient (Wildman–Crippen LogP) is 2.09.